The number of nitrogens with one attached hydrogen (secondary N) is 1. The highest BCUT2D eigenvalue weighted by atomic mass is 16.7. The summed E-state index contributed by atoms with van der Waals surface area (Å²) < 4.78 is 12.5. The molecule has 0 bridgehead atoms. The number of benzene rings is 2. The molecule has 28 heavy (non-hydrogen) atoms. The van der Waals surface area contributed by atoms with Gasteiger partial charge in [0, 0.05) is 18.4 Å². The van der Waals surface area contributed by atoms with Crippen LogP contribution < -0.4 is 15.0 Å². The van der Waals surface area contributed by atoms with Gasteiger partial charge in [0.25, 0.3) is 0 Å². The molecule has 5 rings (SSSR count). The molecule has 1 fully saturated rings. The van der Waals surface area contributed by atoms with Crippen molar-refractivity contribution in [2.24, 2.45) is 0 Å². The summed E-state index contributed by atoms with van der Waals surface area (Å²) in [5.41, 5.74) is 7.89. The van der Waals surface area contributed by atoms with Crippen LogP contribution in [0.1, 0.15) is 49.8 Å². The van der Waals surface area contributed by atoms with Crippen molar-refractivity contribution in [3.63, 3.8) is 0 Å². The number of rotatable bonds is 5. The molecule has 0 aromatic heterocycles. The van der Waals surface area contributed by atoms with E-state index in [0.717, 1.165) is 48.4 Å². The van der Waals surface area contributed by atoms with Gasteiger partial charge in [0.15, 0.2) is 11.5 Å². The first-order valence-electron chi connectivity index (χ1n) is 10.3. The molecule has 0 atom stereocenters. The second-order valence-corrected chi connectivity index (χ2v) is 8.43. The molecule has 3 aliphatic rings. The molecule has 1 N–H and O–H groups in total. The lowest BCUT2D eigenvalue weighted by Crippen LogP contribution is -2.36. The molecule has 0 unspecified atom stereocenters. The summed E-state index contributed by atoms with van der Waals surface area (Å²) in [6.07, 6.45) is 7.74. The van der Waals surface area contributed by atoms with E-state index in [-0.39, 0.29) is 17.8 Å². The molecule has 0 amide bonds. The number of hydrogen-bond acceptors (Lipinski definition) is 4. The molecule has 0 saturated heterocycles. The molecule has 4 heteroatoms. The largest absolute Gasteiger partial charge is 0.487 e. The van der Waals surface area contributed by atoms with Gasteiger partial charge in [-0.05, 0) is 68.5 Å². The third kappa shape index (κ3) is 3.26. The van der Waals surface area contributed by atoms with Crippen LogP contribution in [0, 0.1) is 0 Å². The Morgan fingerprint density at radius 2 is 1.79 bits per heavy atom. The average molecular weight is 377 g/mol. The number of ether oxygens (including phenoxy) is 2. The maximum Gasteiger partial charge on any atom is 0.162 e. The Hall–Kier alpha value is -2.46. The van der Waals surface area contributed by atoms with Gasteiger partial charge in [-0.25, -0.2) is 0 Å². The molecule has 2 aliphatic carbocycles. The third-order valence-electron chi connectivity index (χ3n) is 5.90. The fourth-order valence-corrected chi connectivity index (χ4v) is 4.29. The Morgan fingerprint density at radius 3 is 2.39 bits per heavy atom. The van der Waals surface area contributed by atoms with Crippen molar-refractivity contribution in [2.45, 2.75) is 63.8 Å². The van der Waals surface area contributed by atoms with Crippen LogP contribution in [0.3, 0.4) is 0 Å². The van der Waals surface area contributed by atoms with Crippen molar-refractivity contribution in [2.75, 3.05) is 0 Å². The van der Waals surface area contributed by atoms with Crippen molar-refractivity contribution in [1.29, 1.82) is 0 Å². The number of hydrogen-bond donors (Lipinski definition) is 1. The molecule has 1 spiro atoms. The number of fused-ring (bicyclic) bond motifs is 1. The summed E-state index contributed by atoms with van der Waals surface area (Å²) in [6, 6.07) is 14.8. The quantitative estimate of drug-likeness (QED) is 0.811. The zero-order valence-electron chi connectivity index (χ0n) is 16.5. The molecule has 1 aliphatic heterocycles. The smallest absolute Gasteiger partial charge is 0.162 e. The Kier molecular flexibility index (Phi) is 4.31. The van der Waals surface area contributed by atoms with Gasteiger partial charge in [0.2, 0.25) is 0 Å². The Labute approximate surface area is 166 Å². The van der Waals surface area contributed by atoms with Crippen LogP contribution >= 0.6 is 0 Å². The van der Waals surface area contributed by atoms with Crippen molar-refractivity contribution in [3.8, 4) is 11.5 Å². The SMILES string of the molecule is CC(C)Oc1ccc(C2=CC3(CCC3)ON2)cc1OC1Cc2ccccc2C1. The predicted molar refractivity (Wildman–Crippen MR) is 109 cm³/mol. The first-order valence-corrected chi connectivity index (χ1v) is 10.3. The van der Waals surface area contributed by atoms with E-state index in [9.17, 15) is 0 Å². The van der Waals surface area contributed by atoms with Gasteiger partial charge in [-0.2, -0.15) is 0 Å². The average Bonchev–Trinajstić information content (AvgIpc) is 3.26. The first-order chi connectivity index (χ1) is 13.6. The van der Waals surface area contributed by atoms with Gasteiger partial charge in [-0.1, -0.05) is 24.3 Å². The summed E-state index contributed by atoms with van der Waals surface area (Å²) in [6.45, 7) is 4.08. The normalized spacial score (nSPS) is 19.9. The highest BCUT2D eigenvalue weighted by molar-refractivity contribution is 5.68. The predicted octanol–water partition coefficient (Wildman–Crippen LogP) is 4.82. The molecular weight excluding hydrogens is 350 g/mol. The molecule has 2 aromatic rings. The standard InChI is InChI=1S/C24H27NO3/c1-16(2)26-22-9-8-19(21-15-24(28-25-21)10-5-11-24)14-23(22)27-20-12-17-6-3-4-7-18(17)13-20/h3-4,6-9,14-16,20,25H,5,10-13H2,1-2H3. The lowest BCUT2D eigenvalue weighted by Gasteiger charge is -2.33. The Morgan fingerprint density at radius 1 is 1.04 bits per heavy atom. The van der Waals surface area contributed by atoms with Gasteiger partial charge in [-0.3, -0.25) is 10.3 Å². The van der Waals surface area contributed by atoms with Gasteiger partial charge >= 0.3 is 0 Å². The van der Waals surface area contributed by atoms with Gasteiger partial charge in [-0.15, -0.1) is 0 Å². The first kappa shape index (κ1) is 17.6. The van der Waals surface area contributed by atoms with Crippen molar-refractivity contribution in [3.05, 3.63) is 65.2 Å². The molecule has 2 aromatic carbocycles. The minimum Gasteiger partial charge on any atom is -0.487 e. The molecule has 1 heterocycles. The van der Waals surface area contributed by atoms with Gasteiger partial charge in [0.1, 0.15) is 11.7 Å². The summed E-state index contributed by atoms with van der Waals surface area (Å²) in [7, 11) is 0. The minimum absolute atomic E-state index is 0.0966. The lowest BCUT2D eigenvalue weighted by atomic mass is 9.80. The minimum atomic E-state index is -0.101. The lowest BCUT2D eigenvalue weighted by molar-refractivity contribution is -0.0821. The van der Waals surface area contributed by atoms with E-state index in [1.54, 1.807) is 0 Å². The van der Waals surface area contributed by atoms with E-state index >= 15 is 0 Å². The highest BCUT2D eigenvalue weighted by Crippen LogP contribution is 2.42. The van der Waals surface area contributed by atoms with Gasteiger partial charge < -0.3 is 9.47 Å². The van der Waals surface area contributed by atoms with Gasteiger partial charge in [0.05, 0.1) is 11.8 Å². The fraction of sp³-hybridized carbons (Fsp3) is 0.417. The Bertz CT molecular complexity index is 889. The Balaban J connectivity index is 1.41. The maximum absolute atomic E-state index is 6.46. The maximum atomic E-state index is 6.46. The van der Waals surface area contributed by atoms with Crippen LogP contribution in [0.4, 0.5) is 0 Å². The summed E-state index contributed by atoms with van der Waals surface area (Å²) in [4.78, 5) is 5.84. The van der Waals surface area contributed by atoms with Crippen LogP contribution in [-0.2, 0) is 17.7 Å². The molecular formula is C24H27NO3. The van der Waals surface area contributed by atoms with E-state index in [1.165, 1.54) is 17.5 Å². The van der Waals surface area contributed by atoms with Crippen LogP contribution in [0.2, 0.25) is 0 Å². The molecule has 1 saturated carbocycles. The van der Waals surface area contributed by atoms with E-state index < -0.39 is 0 Å². The molecule has 0 radical (unpaired) electrons. The van der Waals surface area contributed by atoms with Crippen LogP contribution in [0.15, 0.2) is 48.5 Å². The number of hydroxylamine groups is 1. The van der Waals surface area contributed by atoms with Crippen LogP contribution in [0.25, 0.3) is 5.70 Å². The van der Waals surface area contributed by atoms with E-state index in [4.69, 9.17) is 14.3 Å². The van der Waals surface area contributed by atoms with Crippen LogP contribution in [-0.4, -0.2) is 17.8 Å². The highest BCUT2D eigenvalue weighted by Gasteiger charge is 2.41. The molecule has 146 valence electrons. The summed E-state index contributed by atoms with van der Waals surface area (Å²) in [5.74, 6) is 1.61. The summed E-state index contributed by atoms with van der Waals surface area (Å²) in [5, 5.41) is 0. The van der Waals surface area contributed by atoms with E-state index in [2.05, 4.69) is 48.0 Å². The zero-order valence-corrected chi connectivity index (χ0v) is 16.5. The van der Waals surface area contributed by atoms with E-state index in [0.29, 0.717) is 0 Å². The zero-order chi connectivity index (χ0) is 19.1. The third-order valence-corrected chi connectivity index (χ3v) is 5.90. The van der Waals surface area contributed by atoms with Crippen molar-refractivity contribution < 1.29 is 14.3 Å². The second-order valence-electron chi connectivity index (χ2n) is 8.43. The van der Waals surface area contributed by atoms with Crippen molar-refractivity contribution >= 4 is 5.70 Å². The fourth-order valence-electron chi connectivity index (χ4n) is 4.29. The van der Waals surface area contributed by atoms with Crippen molar-refractivity contribution in [1.82, 2.24) is 5.48 Å². The monoisotopic (exact) mass is 377 g/mol. The second kappa shape index (κ2) is 6.85. The molecule has 4 nitrogen and oxygen atoms in total. The van der Waals surface area contributed by atoms with E-state index in [1.807, 2.05) is 19.9 Å². The topological polar surface area (TPSA) is 39.7 Å². The van der Waals surface area contributed by atoms with Crippen LogP contribution in [0.5, 0.6) is 11.5 Å². The summed E-state index contributed by atoms with van der Waals surface area (Å²) >= 11 is 0.